The second kappa shape index (κ2) is 8.17. The lowest BCUT2D eigenvalue weighted by atomic mass is 10.1. The summed E-state index contributed by atoms with van der Waals surface area (Å²) < 4.78 is 5.62. The van der Waals surface area contributed by atoms with Crippen LogP contribution in [0.1, 0.15) is 45.1 Å². The van der Waals surface area contributed by atoms with Gasteiger partial charge in [0.15, 0.2) is 0 Å². The third-order valence-electron chi connectivity index (χ3n) is 4.30. The number of aliphatic hydroxyl groups excluding tert-OH is 1. The van der Waals surface area contributed by atoms with Crippen LogP contribution in [0.25, 0.3) is 0 Å². The lowest BCUT2D eigenvalue weighted by Crippen LogP contribution is -2.45. The summed E-state index contributed by atoms with van der Waals surface area (Å²) in [5, 5.41) is 19.0. The highest BCUT2D eigenvalue weighted by Gasteiger charge is 2.26. The molecule has 0 saturated heterocycles. The van der Waals surface area contributed by atoms with Crippen LogP contribution in [0.4, 0.5) is 0 Å². The fourth-order valence-electron chi connectivity index (χ4n) is 3.13. The lowest BCUT2D eigenvalue weighted by molar-refractivity contribution is 0.0388. The largest absolute Gasteiger partial charge is 0.491 e. The van der Waals surface area contributed by atoms with Gasteiger partial charge < -0.3 is 9.84 Å². The average molecular weight is 302 g/mol. The van der Waals surface area contributed by atoms with Crippen LogP contribution in [-0.2, 0) is 0 Å². The predicted molar refractivity (Wildman–Crippen MR) is 86.8 cm³/mol. The van der Waals surface area contributed by atoms with Crippen molar-refractivity contribution in [2.24, 2.45) is 0 Å². The number of benzene rings is 1. The number of nitrogens with zero attached hydrogens (tertiary/aromatic N) is 2. The van der Waals surface area contributed by atoms with E-state index in [0.717, 1.165) is 0 Å². The number of hydrogen-bond acceptors (Lipinski definition) is 4. The molecule has 0 bridgehead atoms. The number of hydrogen-bond donors (Lipinski definition) is 1. The highest BCUT2D eigenvalue weighted by Crippen LogP contribution is 2.25. The first-order chi connectivity index (χ1) is 10.6. The van der Waals surface area contributed by atoms with E-state index < -0.39 is 6.10 Å². The van der Waals surface area contributed by atoms with Crippen molar-refractivity contribution < 1.29 is 9.84 Å². The summed E-state index contributed by atoms with van der Waals surface area (Å²) in [6.45, 7) is 5.31. The van der Waals surface area contributed by atoms with Crippen LogP contribution < -0.4 is 4.74 Å². The molecular weight excluding hydrogens is 276 g/mol. The molecule has 2 rings (SSSR count). The zero-order chi connectivity index (χ0) is 15.9. The van der Waals surface area contributed by atoms with E-state index in [2.05, 4.69) is 24.8 Å². The van der Waals surface area contributed by atoms with Gasteiger partial charge in [-0.15, -0.1) is 0 Å². The summed E-state index contributed by atoms with van der Waals surface area (Å²) in [6.07, 6.45) is 4.57. The molecular formula is C18H26N2O2. The summed E-state index contributed by atoms with van der Waals surface area (Å²) in [5.74, 6) is 0.690. The van der Waals surface area contributed by atoms with Gasteiger partial charge in [0.25, 0.3) is 0 Å². The minimum absolute atomic E-state index is 0.280. The third-order valence-corrected chi connectivity index (χ3v) is 4.30. The Bertz CT molecular complexity index is 487. The minimum Gasteiger partial charge on any atom is -0.491 e. The second-order valence-corrected chi connectivity index (χ2v) is 6.33. The maximum absolute atomic E-state index is 10.3. The van der Waals surface area contributed by atoms with Crippen molar-refractivity contribution in [2.45, 2.75) is 57.7 Å². The Morgan fingerprint density at radius 3 is 2.45 bits per heavy atom. The van der Waals surface area contributed by atoms with Gasteiger partial charge in [-0.05, 0) is 51.0 Å². The molecule has 1 atom stereocenters. The van der Waals surface area contributed by atoms with Crippen LogP contribution >= 0.6 is 0 Å². The number of nitriles is 1. The summed E-state index contributed by atoms with van der Waals surface area (Å²) in [6, 6.07) is 10.1. The van der Waals surface area contributed by atoms with Crippen LogP contribution in [0, 0.1) is 11.3 Å². The van der Waals surface area contributed by atoms with Crippen LogP contribution in [0.3, 0.4) is 0 Å². The smallest absolute Gasteiger partial charge is 0.119 e. The quantitative estimate of drug-likeness (QED) is 0.841. The molecule has 0 radical (unpaired) electrons. The van der Waals surface area contributed by atoms with Crippen molar-refractivity contribution in [3.05, 3.63) is 29.8 Å². The molecule has 120 valence electrons. The predicted octanol–water partition coefficient (Wildman–Crippen LogP) is 2.95. The van der Waals surface area contributed by atoms with Crippen LogP contribution in [0.15, 0.2) is 24.3 Å². The molecule has 0 spiro atoms. The van der Waals surface area contributed by atoms with Gasteiger partial charge in [-0.25, -0.2) is 0 Å². The molecule has 1 aliphatic rings. The summed E-state index contributed by atoms with van der Waals surface area (Å²) in [5.41, 5.74) is 0.611. The second-order valence-electron chi connectivity index (χ2n) is 6.33. The van der Waals surface area contributed by atoms with Crippen molar-refractivity contribution in [1.29, 1.82) is 5.26 Å². The maximum atomic E-state index is 10.3. The van der Waals surface area contributed by atoms with E-state index in [4.69, 9.17) is 10.00 Å². The van der Waals surface area contributed by atoms with Gasteiger partial charge >= 0.3 is 0 Å². The molecule has 1 aromatic rings. The Morgan fingerprint density at radius 1 is 1.27 bits per heavy atom. The molecule has 1 fully saturated rings. The monoisotopic (exact) mass is 302 g/mol. The van der Waals surface area contributed by atoms with E-state index in [0.29, 0.717) is 29.9 Å². The minimum atomic E-state index is -0.501. The van der Waals surface area contributed by atoms with Crippen molar-refractivity contribution in [3.8, 4) is 11.8 Å². The van der Waals surface area contributed by atoms with Crippen molar-refractivity contribution >= 4 is 0 Å². The number of ether oxygens (including phenoxy) is 1. The van der Waals surface area contributed by atoms with Gasteiger partial charge in [0.05, 0.1) is 11.6 Å². The molecule has 4 nitrogen and oxygen atoms in total. The molecule has 1 aliphatic carbocycles. The normalized spacial score (nSPS) is 16.9. The highest BCUT2D eigenvalue weighted by molar-refractivity contribution is 5.34. The molecule has 1 aromatic carbocycles. The Morgan fingerprint density at radius 2 is 1.91 bits per heavy atom. The Balaban J connectivity index is 1.82. The van der Waals surface area contributed by atoms with Gasteiger partial charge in [-0.1, -0.05) is 12.8 Å². The van der Waals surface area contributed by atoms with Crippen molar-refractivity contribution in [3.63, 3.8) is 0 Å². The zero-order valence-electron chi connectivity index (χ0n) is 13.5. The highest BCUT2D eigenvalue weighted by atomic mass is 16.5. The van der Waals surface area contributed by atoms with E-state index in [1.807, 2.05) is 0 Å². The van der Waals surface area contributed by atoms with Gasteiger partial charge in [-0.3, -0.25) is 4.90 Å². The standard InChI is InChI=1S/C18H26N2O2/c1-14(2)20(16-5-3-4-6-16)12-17(21)13-22-18-9-7-15(11-19)8-10-18/h7-10,14,16-17,21H,3-6,12-13H2,1-2H3. The molecule has 0 amide bonds. The third kappa shape index (κ3) is 4.72. The average Bonchev–Trinajstić information content (AvgIpc) is 3.04. The molecule has 1 unspecified atom stereocenters. The van der Waals surface area contributed by atoms with E-state index in [9.17, 15) is 5.11 Å². The zero-order valence-corrected chi connectivity index (χ0v) is 13.5. The summed E-state index contributed by atoms with van der Waals surface area (Å²) in [7, 11) is 0. The lowest BCUT2D eigenvalue weighted by Gasteiger charge is -2.34. The summed E-state index contributed by atoms with van der Waals surface area (Å²) in [4.78, 5) is 2.40. The van der Waals surface area contributed by atoms with Gasteiger partial charge in [0.1, 0.15) is 18.5 Å². The summed E-state index contributed by atoms with van der Waals surface area (Å²) >= 11 is 0. The van der Waals surface area contributed by atoms with E-state index in [1.54, 1.807) is 24.3 Å². The molecule has 1 saturated carbocycles. The van der Waals surface area contributed by atoms with Gasteiger partial charge in [-0.2, -0.15) is 5.26 Å². The number of aliphatic hydroxyl groups is 1. The van der Waals surface area contributed by atoms with Gasteiger partial charge in [0, 0.05) is 18.6 Å². The Kier molecular flexibility index (Phi) is 6.23. The molecule has 0 heterocycles. The van der Waals surface area contributed by atoms with Crippen LogP contribution in [0.5, 0.6) is 5.75 Å². The SMILES string of the molecule is CC(C)N(CC(O)COc1ccc(C#N)cc1)C1CCCC1. The van der Waals surface area contributed by atoms with Gasteiger partial charge in [0.2, 0.25) is 0 Å². The Labute approximate surface area is 133 Å². The molecule has 0 aromatic heterocycles. The first-order valence-corrected chi connectivity index (χ1v) is 8.17. The molecule has 0 aliphatic heterocycles. The van der Waals surface area contributed by atoms with Crippen molar-refractivity contribution in [2.75, 3.05) is 13.2 Å². The van der Waals surface area contributed by atoms with E-state index >= 15 is 0 Å². The van der Waals surface area contributed by atoms with Crippen LogP contribution in [0.2, 0.25) is 0 Å². The van der Waals surface area contributed by atoms with Crippen LogP contribution in [-0.4, -0.2) is 41.3 Å². The van der Waals surface area contributed by atoms with E-state index in [1.165, 1.54) is 25.7 Å². The molecule has 4 heteroatoms. The fourth-order valence-corrected chi connectivity index (χ4v) is 3.13. The Hall–Kier alpha value is -1.57. The molecule has 1 N–H and O–H groups in total. The van der Waals surface area contributed by atoms with E-state index in [-0.39, 0.29) is 6.61 Å². The number of rotatable bonds is 7. The molecule has 22 heavy (non-hydrogen) atoms. The maximum Gasteiger partial charge on any atom is 0.119 e. The topological polar surface area (TPSA) is 56.5 Å². The first kappa shape index (κ1) is 16.8. The first-order valence-electron chi connectivity index (χ1n) is 8.17. The fraction of sp³-hybridized carbons (Fsp3) is 0.611. The van der Waals surface area contributed by atoms with Crippen molar-refractivity contribution in [1.82, 2.24) is 4.90 Å².